The zero-order valence-electron chi connectivity index (χ0n) is 17.0. The van der Waals surface area contributed by atoms with Crippen molar-refractivity contribution in [1.82, 2.24) is 4.72 Å². The molecule has 1 aliphatic rings. The Kier molecular flexibility index (Phi) is 9.53. The minimum Gasteiger partial charge on any atom is -0.377 e. The molecule has 2 aromatic carbocycles. The summed E-state index contributed by atoms with van der Waals surface area (Å²) < 4.78 is 32.8. The summed E-state index contributed by atoms with van der Waals surface area (Å²) in [6.07, 6.45) is 2.81. The fourth-order valence-corrected chi connectivity index (χ4v) is 4.12. The highest BCUT2D eigenvalue weighted by atomic mass is 127. The molecule has 0 aromatic heterocycles. The summed E-state index contributed by atoms with van der Waals surface area (Å²) in [5.74, 6) is 0.309. The molecule has 30 heavy (non-hydrogen) atoms. The number of ether oxygens (including phenoxy) is 1. The molecule has 9 heteroatoms. The van der Waals surface area contributed by atoms with Crippen LogP contribution in [0, 0.1) is 0 Å². The molecule has 0 radical (unpaired) electrons. The van der Waals surface area contributed by atoms with Crippen LogP contribution in [0.25, 0.3) is 0 Å². The molecule has 164 valence electrons. The lowest BCUT2D eigenvalue weighted by atomic mass is 10.1. The van der Waals surface area contributed by atoms with E-state index in [-0.39, 0.29) is 35.0 Å². The van der Waals surface area contributed by atoms with Gasteiger partial charge in [-0.15, -0.1) is 24.0 Å². The van der Waals surface area contributed by atoms with E-state index in [9.17, 15) is 8.42 Å². The summed E-state index contributed by atoms with van der Waals surface area (Å²) in [6, 6.07) is 14.7. The first-order chi connectivity index (χ1) is 14.0. The second kappa shape index (κ2) is 11.6. The predicted octanol–water partition coefficient (Wildman–Crippen LogP) is 3.25. The van der Waals surface area contributed by atoms with Gasteiger partial charge in [0.15, 0.2) is 5.96 Å². The van der Waals surface area contributed by atoms with Crippen molar-refractivity contribution in [3.05, 3.63) is 59.7 Å². The molecule has 1 heterocycles. The van der Waals surface area contributed by atoms with Crippen LogP contribution in [0.4, 0.5) is 5.69 Å². The number of nitrogens with zero attached hydrogens (tertiary/aromatic N) is 1. The van der Waals surface area contributed by atoms with Crippen LogP contribution < -0.4 is 15.8 Å². The lowest BCUT2D eigenvalue weighted by Gasteiger charge is -2.11. The monoisotopic (exact) mass is 544 g/mol. The molecule has 1 aliphatic heterocycles. The normalized spacial score (nSPS) is 16.8. The van der Waals surface area contributed by atoms with E-state index in [0.29, 0.717) is 25.7 Å². The Morgan fingerprint density at radius 1 is 1.13 bits per heavy atom. The van der Waals surface area contributed by atoms with Crippen molar-refractivity contribution < 1.29 is 13.2 Å². The predicted molar refractivity (Wildman–Crippen MR) is 131 cm³/mol. The van der Waals surface area contributed by atoms with Crippen LogP contribution in [0.3, 0.4) is 0 Å². The van der Waals surface area contributed by atoms with E-state index in [4.69, 9.17) is 10.5 Å². The number of benzene rings is 2. The van der Waals surface area contributed by atoms with Crippen LogP contribution in [0.2, 0.25) is 0 Å². The summed E-state index contributed by atoms with van der Waals surface area (Å²) in [5, 5.41) is 3.05. The van der Waals surface area contributed by atoms with Gasteiger partial charge in [-0.05, 0) is 54.7 Å². The highest BCUT2D eigenvalue weighted by molar-refractivity contribution is 14.0. The number of aryl methyl sites for hydroxylation is 1. The number of hydrogen-bond donors (Lipinski definition) is 3. The van der Waals surface area contributed by atoms with E-state index in [1.807, 2.05) is 24.3 Å². The molecular weight excluding hydrogens is 515 g/mol. The molecule has 0 bridgehead atoms. The van der Waals surface area contributed by atoms with Crippen molar-refractivity contribution in [2.75, 3.05) is 18.5 Å². The Morgan fingerprint density at radius 2 is 1.80 bits per heavy atom. The van der Waals surface area contributed by atoms with Crippen molar-refractivity contribution in [3.63, 3.8) is 0 Å². The largest absolute Gasteiger partial charge is 0.377 e. The highest BCUT2D eigenvalue weighted by Crippen LogP contribution is 2.15. The summed E-state index contributed by atoms with van der Waals surface area (Å²) in [4.78, 5) is 4.54. The maximum Gasteiger partial charge on any atom is 0.240 e. The van der Waals surface area contributed by atoms with E-state index in [2.05, 4.69) is 22.0 Å². The second-order valence-electron chi connectivity index (χ2n) is 7.01. The van der Waals surface area contributed by atoms with E-state index in [1.54, 1.807) is 24.3 Å². The molecule has 0 aliphatic carbocycles. The van der Waals surface area contributed by atoms with Gasteiger partial charge in [-0.3, -0.25) is 0 Å². The molecule has 4 N–H and O–H groups in total. The van der Waals surface area contributed by atoms with Crippen molar-refractivity contribution in [3.8, 4) is 0 Å². The summed E-state index contributed by atoms with van der Waals surface area (Å²) in [7, 11) is -3.55. The third-order valence-corrected chi connectivity index (χ3v) is 6.26. The van der Waals surface area contributed by atoms with Crippen LogP contribution in [-0.2, 0) is 27.7 Å². The average molecular weight is 544 g/mol. The Bertz CT molecular complexity index is 926. The van der Waals surface area contributed by atoms with Crippen LogP contribution >= 0.6 is 24.0 Å². The van der Waals surface area contributed by atoms with Gasteiger partial charge in [0, 0.05) is 18.8 Å². The molecule has 1 fully saturated rings. The molecule has 1 unspecified atom stereocenters. The number of guanidine groups is 1. The van der Waals surface area contributed by atoms with Gasteiger partial charge in [0.25, 0.3) is 0 Å². The van der Waals surface area contributed by atoms with Crippen molar-refractivity contribution in [1.29, 1.82) is 0 Å². The van der Waals surface area contributed by atoms with Crippen molar-refractivity contribution in [2.24, 2.45) is 10.7 Å². The number of sulfonamides is 1. The molecule has 0 amide bonds. The first-order valence-electron chi connectivity index (χ1n) is 9.82. The van der Waals surface area contributed by atoms with Gasteiger partial charge in [0.05, 0.1) is 17.5 Å². The number of nitrogens with two attached hydrogens (primary N) is 1. The maximum absolute atomic E-state index is 12.4. The number of aliphatic imine (C=N–C) groups is 1. The first kappa shape index (κ1) is 24.6. The SMILES string of the molecule is CCc1ccc(NC(N)=NCc2ccc(S(=O)(=O)NCC3CCCO3)cc2)cc1.I. The van der Waals surface area contributed by atoms with Gasteiger partial charge in [0.1, 0.15) is 0 Å². The molecule has 3 rings (SSSR count). The van der Waals surface area contributed by atoms with Gasteiger partial charge in [-0.25, -0.2) is 18.1 Å². The highest BCUT2D eigenvalue weighted by Gasteiger charge is 2.20. The van der Waals surface area contributed by atoms with Crippen molar-refractivity contribution in [2.45, 2.75) is 43.7 Å². The third kappa shape index (κ3) is 7.22. The zero-order chi connectivity index (χ0) is 20.7. The van der Waals surface area contributed by atoms with Crippen LogP contribution in [-0.4, -0.2) is 33.6 Å². The van der Waals surface area contributed by atoms with Crippen molar-refractivity contribution >= 4 is 45.6 Å². The zero-order valence-corrected chi connectivity index (χ0v) is 20.2. The Labute approximate surface area is 195 Å². The van der Waals surface area contributed by atoms with E-state index < -0.39 is 10.0 Å². The first-order valence-corrected chi connectivity index (χ1v) is 11.3. The van der Waals surface area contributed by atoms with Gasteiger partial charge in [-0.2, -0.15) is 0 Å². The Balaban J connectivity index is 0.00000320. The number of rotatable bonds is 8. The fraction of sp³-hybridized carbons (Fsp3) is 0.381. The molecule has 1 atom stereocenters. The van der Waals surface area contributed by atoms with E-state index in [1.165, 1.54) is 5.56 Å². The molecule has 0 spiro atoms. The number of nitrogens with one attached hydrogen (secondary N) is 2. The summed E-state index contributed by atoms with van der Waals surface area (Å²) in [5.41, 5.74) is 8.95. The van der Waals surface area contributed by atoms with Crippen LogP contribution in [0.15, 0.2) is 58.4 Å². The minimum atomic E-state index is -3.55. The summed E-state index contributed by atoms with van der Waals surface area (Å²) in [6.45, 7) is 3.46. The molecule has 1 saturated heterocycles. The van der Waals surface area contributed by atoms with Gasteiger partial charge < -0.3 is 15.8 Å². The lowest BCUT2D eigenvalue weighted by Crippen LogP contribution is -2.31. The van der Waals surface area contributed by atoms with Gasteiger partial charge >= 0.3 is 0 Å². The smallest absolute Gasteiger partial charge is 0.240 e. The standard InChI is InChI=1S/C21H28N4O3S.HI/c1-2-16-5-9-18(10-6-16)25-21(22)23-14-17-7-11-20(12-8-17)29(26,27)24-15-19-4-3-13-28-19;/h5-12,19,24H,2-4,13-15H2,1H3,(H3,22,23,25);1H. The Hall–Kier alpha value is -1.69. The number of hydrogen-bond acceptors (Lipinski definition) is 4. The van der Waals surface area contributed by atoms with E-state index >= 15 is 0 Å². The molecule has 2 aromatic rings. The molecule has 7 nitrogen and oxygen atoms in total. The number of anilines is 1. The fourth-order valence-electron chi connectivity index (χ4n) is 3.05. The average Bonchev–Trinajstić information content (AvgIpc) is 3.25. The number of halogens is 1. The molecular formula is C21H29IN4O3S. The summed E-state index contributed by atoms with van der Waals surface area (Å²) >= 11 is 0. The Morgan fingerprint density at radius 3 is 2.40 bits per heavy atom. The van der Waals surface area contributed by atoms with Crippen LogP contribution in [0.1, 0.15) is 30.9 Å². The second-order valence-corrected chi connectivity index (χ2v) is 8.77. The lowest BCUT2D eigenvalue weighted by molar-refractivity contribution is 0.114. The minimum absolute atomic E-state index is 0. The maximum atomic E-state index is 12.4. The van der Waals surface area contributed by atoms with Crippen LogP contribution in [0.5, 0.6) is 0 Å². The van der Waals surface area contributed by atoms with E-state index in [0.717, 1.165) is 30.5 Å². The van der Waals surface area contributed by atoms with Gasteiger partial charge in [-0.1, -0.05) is 31.2 Å². The quantitative estimate of drug-likeness (QED) is 0.269. The topological polar surface area (TPSA) is 106 Å². The third-order valence-electron chi connectivity index (χ3n) is 4.83. The molecule has 0 saturated carbocycles. The van der Waals surface area contributed by atoms with Gasteiger partial charge in [0.2, 0.25) is 10.0 Å².